The maximum atomic E-state index is 10.9. The number of anilines is 1. The molecule has 2 aromatic rings. The lowest BCUT2D eigenvalue weighted by Crippen LogP contribution is -2.11. The molecule has 0 aliphatic rings. The molecule has 6 heteroatoms. The molecule has 0 spiro atoms. The number of rotatable bonds is 4. The first-order valence-corrected chi connectivity index (χ1v) is 5.13. The normalized spacial score (nSPS) is 10.2. The Balaban J connectivity index is 2.00. The minimum Gasteiger partial charge on any atom is -0.378 e. The zero-order chi connectivity index (χ0) is 12.3. The van der Waals surface area contributed by atoms with Crippen molar-refractivity contribution in [3.63, 3.8) is 0 Å². The van der Waals surface area contributed by atoms with Gasteiger partial charge in [-0.2, -0.15) is 0 Å². The zero-order valence-electron chi connectivity index (χ0n) is 9.42. The molecule has 1 amide bonds. The van der Waals surface area contributed by atoms with Crippen LogP contribution in [0.3, 0.4) is 0 Å². The standard InChI is InChI=1S/C11H13N5O/c1-16-7-14-15-10(16)6-13-9-4-2-8(3-5-9)11(12)17/h2-5,7,13H,6H2,1H3,(H2,12,17). The van der Waals surface area contributed by atoms with Gasteiger partial charge in [0.15, 0.2) is 5.82 Å². The first kappa shape index (κ1) is 11.1. The van der Waals surface area contributed by atoms with Gasteiger partial charge >= 0.3 is 0 Å². The summed E-state index contributed by atoms with van der Waals surface area (Å²) in [5, 5.41) is 10.9. The third-order valence-corrected chi connectivity index (χ3v) is 2.43. The molecule has 6 nitrogen and oxygen atoms in total. The van der Waals surface area contributed by atoms with E-state index in [1.807, 2.05) is 11.6 Å². The lowest BCUT2D eigenvalue weighted by Gasteiger charge is -2.05. The molecular formula is C11H13N5O. The Morgan fingerprint density at radius 3 is 2.65 bits per heavy atom. The molecule has 0 radical (unpaired) electrons. The fourth-order valence-corrected chi connectivity index (χ4v) is 1.40. The first-order chi connectivity index (χ1) is 8.16. The molecule has 0 saturated carbocycles. The average molecular weight is 231 g/mol. The topological polar surface area (TPSA) is 85.8 Å². The van der Waals surface area contributed by atoms with E-state index in [-0.39, 0.29) is 0 Å². The molecule has 0 unspecified atom stereocenters. The molecule has 3 N–H and O–H groups in total. The molecule has 1 aromatic heterocycles. The molecule has 2 rings (SSSR count). The summed E-state index contributed by atoms with van der Waals surface area (Å²) in [6, 6.07) is 6.97. The predicted octanol–water partition coefficient (Wildman–Crippen LogP) is 0.526. The van der Waals surface area contributed by atoms with Crippen molar-refractivity contribution in [1.29, 1.82) is 0 Å². The van der Waals surface area contributed by atoms with E-state index < -0.39 is 5.91 Å². The van der Waals surface area contributed by atoms with E-state index in [2.05, 4.69) is 15.5 Å². The van der Waals surface area contributed by atoms with E-state index in [0.717, 1.165) is 11.5 Å². The van der Waals surface area contributed by atoms with Crippen molar-refractivity contribution in [3.05, 3.63) is 42.0 Å². The Kier molecular flexibility index (Phi) is 3.04. The van der Waals surface area contributed by atoms with Crippen LogP contribution in [-0.4, -0.2) is 20.7 Å². The van der Waals surface area contributed by atoms with Crippen LogP contribution in [0.4, 0.5) is 5.69 Å². The summed E-state index contributed by atoms with van der Waals surface area (Å²) in [5.41, 5.74) is 6.55. The van der Waals surface area contributed by atoms with Crippen LogP contribution in [0.2, 0.25) is 0 Å². The maximum absolute atomic E-state index is 10.9. The molecule has 17 heavy (non-hydrogen) atoms. The van der Waals surface area contributed by atoms with E-state index in [9.17, 15) is 4.79 Å². The van der Waals surface area contributed by atoms with Crippen molar-refractivity contribution in [2.75, 3.05) is 5.32 Å². The second-order valence-electron chi connectivity index (χ2n) is 3.65. The Labute approximate surface area is 98.5 Å². The third-order valence-electron chi connectivity index (χ3n) is 2.43. The van der Waals surface area contributed by atoms with E-state index in [1.165, 1.54) is 0 Å². The molecule has 0 saturated heterocycles. The number of nitrogens with one attached hydrogen (secondary N) is 1. The number of benzene rings is 1. The van der Waals surface area contributed by atoms with E-state index >= 15 is 0 Å². The lowest BCUT2D eigenvalue weighted by atomic mass is 10.2. The molecule has 1 aromatic carbocycles. The number of amides is 1. The smallest absolute Gasteiger partial charge is 0.248 e. The van der Waals surface area contributed by atoms with Gasteiger partial charge in [0.2, 0.25) is 5.91 Å². The summed E-state index contributed by atoms with van der Waals surface area (Å²) in [7, 11) is 1.88. The van der Waals surface area contributed by atoms with Crippen LogP contribution in [0.15, 0.2) is 30.6 Å². The minimum atomic E-state index is -0.426. The van der Waals surface area contributed by atoms with Gasteiger partial charge < -0.3 is 15.6 Å². The largest absolute Gasteiger partial charge is 0.378 e. The third kappa shape index (κ3) is 2.60. The fourth-order valence-electron chi connectivity index (χ4n) is 1.40. The van der Waals surface area contributed by atoms with Crippen LogP contribution < -0.4 is 11.1 Å². The van der Waals surface area contributed by atoms with Crippen molar-refractivity contribution in [2.45, 2.75) is 6.54 Å². The Morgan fingerprint density at radius 2 is 2.12 bits per heavy atom. The zero-order valence-corrected chi connectivity index (χ0v) is 9.42. The number of aryl methyl sites for hydroxylation is 1. The van der Waals surface area contributed by atoms with Crippen LogP contribution in [-0.2, 0) is 13.6 Å². The van der Waals surface area contributed by atoms with E-state index in [0.29, 0.717) is 12.1 Å². The molecule has 1 heterocycles. The Bertz CT molecular complexity index is 517. The molecular weight excluding hydrogens is 218 g/mol. The van der Waals surface area contributed by atoms with Gasteiger partial charge in [0.05, 0.1) is 6.54 Å². The SMILES string of the molecule is Cn1cnnc1CNc1ccc(C(N)=O)cc1. The van der Waals surface area contributed by atoms with Crippen molar-refractivity contribution >= 4 is 11.6 Å². The Morgan fingerprint density at radius 1 is 1.41 bits per heavy atom. The van der Waals surface area contributed by atoms with Crippen LogP contribution in [0.5, 0.6) is 0 Å². The van der Waals surface area contributed by atoms with E-state index in [1.54, 1.807) is 30.6 Å². The van der Waals surface area contributed by atoms with Gasteiger partial charge in [-0.15, -0.1) is 10.2 Å². The van der Waals surface area contributed by atoms with Gasteiger partial charge in [-0.3, -0.25) is 4.79 Å². The highest BCUT2D eigenvalue weighted by molar-refractivity contribution is 5.93. The van der Waals surface area contributed by atoms with Crippen LogP contribution in [0, 0.1) is 0 Å². The quantitative estimate of drug-likeness (QED) is 0.803. The van der Waals surface area contributed by atoms with Crippen LogP contribution in [0.25, 0.3) is 0 Å². The number of hydrogen-bond donors (Lipinski definition) is 2. The highest BCUT2D eigenvalue weighted by atomic mass is 16.1. The number of hydrogen-bond acceptors (Lipinski definition) is 4. The highest BCUT2D eigenvalue weighted by Crippen LogP contribution is 2.10. The second-order valence-corrected chi connectivity index (χ2v) is 3.65. The molecule has 88 valence electrons. The summed E-state index contributed by atoms with van der Waals surface area (Å²) in [5.74, 6) is 0.411. The van der Waals surface area contributed by atoms with Gasteiger partial charge in [0.1, 0.15) is 6.33 Å². The van der Waals surface area contributed by atoms with E-state index in [4.69, 9.17) is 5.73 Å². The van der Waals surface area contributed by atoms with Crippen LogP contribution >= 0.6 is 0 Å². The van der Waals surface area contributed by atoms with Gasteiger partial charge in [0, 0.05) is 18.3 Å². The summed E-state index contributed by atoms with van der Waals surface area (Å²) < 4.78 is 1.84. The summed E-state index contributed by atoms with van der Waals surface area (Å²) >= 11 is 0. The molecule has 0 atom stereocenters. The lowest BCUT2D eigenvalue weighted by molar-refractivity contribution is 0.100. The van der Waals surface area contributed by atoms with Gasteiger partial charge in [-0.25, -0.2) is 0 Å². The summed E-state index contributed by atoms with van der Waals surface area (Å²) in [6.07, 6.45) is 1.65. The monoisotopic (exact) mass is 231 g/mol. The fraction of sp³-hybridized carbons (Fsp3) is 0.182. The Hall–Kier alpha value is -2.37. The van der Waals surface area contributed by atoms with Crippen molar-refractivity contribution in [1.82, 2.24) is 14.8 Å². The molecule has 0 fully saturated rings. The second kappa shape index (κ2) is 4.65. The van der Waals surface area contributed by atoms with Gasteiger partial charge in [0.25, 0.3) is 0 Å². The van der Waals surface area contributed by atoms with Gasteiger partial charge in [-0.05, 0) is 24.3 Å². The minimum absolute atomic E-state index is 0.426. The van der Waals surface area contributed by atoms with Crippen molar-refractivity contribution in [3.8, 4) is 0 Å². The highest BCUT2D eigenvalue weighted by Gasteiger charge is 2.02. The van der Waals surface area contributed by atoms with Crippen LogP contribution in [0.1, 0.15) is 16.2 Å². The predicted molar refractivity (Wildman–Crippen MR) is 63.3 cm³/mol. The number of aromatic nitrogens is 3. The van der Waals surface area contributed by atoms with Crippen molar-refractivity contribution < 1.29 is 4.79 Å². The van der Waals surface area contributed by atoms with Gasteiger partial charge in [-0.1, -0.05) is 0 Å². The first-order valence-electron chi connectivity index (χ1n) is 5.13. The number of carbonyl (C=O) groups is 1. The maximum Gasteiger partial charge on any atom is 0.248 e. The van der Waals surface area contributed by atoms with Crippen molar-refractivity contribution in [2.24, 2.45) is 12.8 Å². The number of carbonyl (C=O) groups excluding carboxylic acids is 1. The number of nitrogens with zero attached hydrogens (tertiary/aromatic N) is 3. The summed E-state index contributed by atoms with van der Waals surface area (Å²) in [6.45, 7) is 0.576. The molecule has 0 bridgehead atoms. The molecule has 0 aliphatic heterocycles. The average Bonchev–Trinajstić information content (AvgIpc) is 2.73. The molecule has 0 aliphatic carbocycles. The number of nitrogens with two attached hydrogens (primary N) is 1. The number of primary amides is 1. The summed E-state index contributed by atoms with van der Waals surface area (Å²) in [4.78, 5) is 10.9.